The second-order valence-corrected chi connectivity index (χ2v) is 4.53. The Labute approximate surface area is 106 Å². The van der Waals surface area contributed by atoms with Gasteiger partial charge in [-0.2, -0.15) is 5.10 Å². The Balaban J connectivity index is 2.17. The van der Waals surface area contributed by atoms with Crippen LogP contribution in [0.1, 0.15) is 44.4 Å². The molecule has 0 aromatic carbocycles. The molecule has 0 aliphatic heterocycles. The molecule has 6 heteroatoms. The van der Waals surface area contributed by atoms with Gasteiger partial charge in [0.15, 0.2) is 0 Å². The first kappa shape index (κ1) is 12.8. The van der Waals surface area contributed by atoms with Crippen LogP contribution in [0.15, 0.2) is 18.9 Å². The fourth-order valence-electron chi connectivity index (χ4n) is 1.99. The molecule has 2 rings (SSSR count). The maximum Gasteiger partial charge on any atom is 0.138 e. The predicted molar refractivity (Wildman–Crippen MR) is 67.0 cm³/mol. The highest BCUT2D eigenvalue weighted by Gasteiger charge is 2.17. The summed E-state index contributed by atoms with van der Waals surface area (Å²) < 4.78 is 3.76. The zero-order valence-electron chi connectivity index (χ0n) is 11.0. The molecule has 0 spiro atoms. The molecule has 1 N–H and O–H groups in total. The molecule has 0 aliphatic carbocycles. The summed E-state index contributed by atoms with van der Waals surface area (Å²) in [6.07, 6.45) is 4.81. The number of aryl methyl sites for hydroxylation is 1. The molecule has 0 bridgehead atoms. The molecule has 2 aromatic rings. The molecule has 6 nitrogen and oxygen atoms in total. The van der Waals surface area contributed by atoms with E-state index in [4.69, 9.17) is 0 Å². The average Bonchev–Trinajstić information content (AvgIpc) is 2.96. The Morgan fingerprint density at radius 3 is 2.83 bits per heavy atom. The summed E-state index contributed by atoms with van der Waals surface area (Å²) in [5.74, 6) is 0.793. The molecule has 0 fully saturated rings. The quantitative estimate of drug-likeness (QED) is 0.868. The topological polar surface area (TPSA) is 68.8 Å². The zero-order valence-corrected chi connectivity index (χ0v) is 11.0. The van der Waals surface area contributed by atoms with Crippen molar-refractivity contribution in [3.05, 3.63) is 30.4 Å². The second kappa shape index (κ2) is 5.30. The summed E-state index contributed by atoms with van der Waals surface area (Å²) in [6.45, 7) is 6.88. The molecule has 0 aliphatic rings. The van der Waals surface area contributed by atoms with Crippen molar-refractivity contribution >= 4 is 0 Å². The zero-order chi connectivity index (χ0) is 13.1. The van der Waals surface area contributed by atoms with Crippen LogP contribution in [0.5, 0.6) is 0 Å². The minimum absolute atomic E-state index is 0.279. The lowest BCUT2D eigenvalue weighted by Crippen LogP contribution is -2.14. The van der Waals surface area contributed by atoms with Crippen molar-refractivity contribution in [1.82, 2.24) is 24.3 Å². The van der Waals surface area contributed by atoms with Gasteiger partial charge in [-0.05, 0) is 20.8 Å². The van der Waals surface area contributed by atoms with E-state index in [1.165, 1.54) is 6.33 Å². The fourth-order valence-corrected chi connectivity index (χ4v) is 1.99. The van der Waals surface area contributed by atoms with Crippen LogP contribution >= 0.6 is 0 Å². The van der Waals surface area contributed by atoms with Crippen molar-refractivity contribution in [2.75, 3.05) is 0 Å². The molecular formula is C12H19N5O. The van der Waals surface area contributed by atoms with Gasteiger partial charge < -0.3 is 9.67 Å². The van der Waals surface area contributed by atoms with Crippen molar-refractivity contribution in [1.29, 1.82) is 0 Å². The number of imidazole rings is 1. The van der Waals surface area contributed by atoms with Gasteiger partial charge >= 0.3 is 0 Å². The van der Waals surface area contributed by atoms with Crippen molar-refractivity contribution in [2.45, 2.75) is 45.9 Å². The van der Waals surface area contributed by atoms with Crippen molar-refractivity contribution in [3.8, 4) is 0 Å². The smallest absolute Gasteiger partial charge is 0.138 e. The summed E-state index contributed by atoms with van der Waals surface area (Å²) in [5, 5.41) is 14.4. The van der Waals surface area contributed by atoms with E-state index >= 15 is 0 Å². The second-order valence-electron chi connectivity index (χ2n) is 4.53. The van der Waals surface area contributed by atoms with Gasteiger partial charge in [-0.15, -0.1) is 0 Å². The van der Waals surface area contributed by atoms with Gasteiger partial charge in [-0.1, -0.05) is 0 Å². The maximum absolute atomic E-state index is 10.3. The highest BCUT2D eigenvalue weighted by atomic mass is 16.3. The first-order valence-electron chi connectivity index (χ1n) is 6.20. The molecule has 0 radical (unpaired) electrons. The van der Waals surface area contributed by atoms with E-state index < -0.39 is 6.10 Å². The predicted octanol–water partition coefficient (Wildman–Crippen LogP) is 1.35. The number of aliphatic hydroxyl groups excluding tert-OH is 1. The summed E-state index contributed by atoms with van der Waals surface area (Å²) in [7, 11) is 0. The van der Waals surface area contributed by atoms with Gasteiger partial charge in [0.1, 0.15) is 18.3 Å². The molecule has 0 saturated heterocycles. The maximum atomic E-state index is 10.3. The van der Waals surface area contributed by atoms with Crippen LogP contribution in [0.3, 0.4) is 0 Å². The van der Waals surface area contributed by atoms with E-state index in [0.717, 1.165) is 18.1 Å². The van der Waals surface area contributed by atoms with Crippen LogP contribution < -0.4 is 0 Å². The first-order valence-corrected chi connectivity index (χ1v) is 6.20. The largest absolute Gasteiger partial charge is 0.386 e. The normalized spacial score (nSPS) is 13.2. The number of aliphatic hydroxyl groups is 1. The van der Waals surface area contributed by atoms with Gasteiger partial charge in [0.05, 0.1) is 18.2 Å². The lowest BCUT2D eigenvalue weighted by atomic mass is 10.1. The molecule has 2 aromatic heterocycles. The van der Waals surface area contributed by atoms with Gasteiger partial charge in [0.2, 0.25) is 0 Å². The van der Waals surface area contributed by atoms with Gasteiger partial charge in [-0.3, -0.25) is 4.68 Å². The molecule has 0 amide bonds. The molecular weight excluding hydrogens is 230 g/mol. The summed E-state index contributed by atoms with van der Waals surface area (Å²) in [4.78, 5) is 8.27. The van der Waals surface area contributed by atoms with Gasteiger partial charge in [-0.25, -0.2) is 9.97 Å². The van der Waals surface area contributed by atoms with Crippen LogP contribution in [0.25, 0.3) is 0 Å². The van der Waals surface area contributed by atoms with E-state index in [1.807, 2.05) is 11.5 Å². The highest BCUT2D eigenvalue weighted by Crippen LogP contribution is 2.20. The molecule has 18 heavy (non-hydrogen) atoms. The third-order valence-electron chi connectivity index (χ3n) is 2.96. The average molecular weight is 249 g/mol. The number of rotatable bonds is 5. The standard InChI is InChI=1S/C12H19N5O/c1-4-17-12(14-7-15-17)5-11(18)10-6-13-8-16(10)9(2)3/h6-9,11,18H,4-5H2,1-3H3. The van der Waals surface area contributed by atoms with Crippen LogP contribution in [0.4, 0.5) is 0 Å². The fraction of sp³-hybridized carbons (Fsp3) is 0.583. The number of aromatic nitrogens is 5. The Morgan fingerprint density at radius 1 is 1.39 bits per heavy atom. The van der Waals surface area contributed by atoms with Gasteiger partial charge in [0, 0.05) is 19.0 Å². The Kier molecular flexibility index (Phi) is 3.76. The van der Waals surface area contributed by atoms with Crippen molar-refractivity contribution in [3.63, 3.8) is 0 Å². The van der Waals surface area contributed by atoms with Crippen LogP contribution in [-0.2, 0) is 13.0 Å². The van der Waals surface area contributed by atoms with E-state index in [1.54, 1.807) is 17.2 Å². The summed E-state index contributed by atoms with van der Waals surface area (Å²) >= 11 is 0. The number of hydrogen-bond donors (Lipinski definition) is 1. The summed E-state index contributed by atoms with van der Waals surface area (Å²) in [5.41, 5.74) is 0.815. The molecule has 1 atom stereocenters. The molecule has 98 valence electrons. The number of hydrogen-bond acceptors (Lipinski definition) is 4. The highest BCUT2D eigenvalue weighted by molar-refractivity contribution is 5.06. The Morgan fingerprint density at radius 2 is 2.17 bits per heavy atom. The van der Waals surface area contributed by atoms with Crippen LogP contribution in [0, 0.1) is 0 Å². The third kappa shape index (κ3) is 2.43. The molecule has 2 heterocycles. The Hall–Kier alpha value is -1.69. The van der Waals surface area contributed by atoms with Crippen LogP contribution in [0.2, 0.25) is 0 Å². The van der Waals surface area contributed by atoms with Crippen molar-refractivity contribution < 1.29 is 5.11 Å². The van der Waals surface area contributed by atoms with Gasteiger partial charge in [0.25, 0.3) is 0 Å². The van der Waals surface area contributed by atoms with E-state index in [-0.39, 0.29) is 6.04 Å². The monoisotopic (exact) mass is 249 g/mol. The lowest BCUT2D eigenvalue weighted by molar-refractivity contribution is 0.163. The van der Waals surface area contributed by atoms with E-state index in [9.17, 15) is 5.11 Å². The van der Waals surface area contributed by atoms with Crippen molar-refractivity contribution in [2.24, 2.45) is 0 Å². The van der Waals surface area contributed by atoms with E-state index in [2.05, 4.69) is 28.9 Å². The Bertz CT molecular complexity index is 502. The summed E-state index contributed by atoms with van der Waals surface area (Å²) in [6, 6.07) is 0.279. The van der Waals surface area contributed by atoms with Crippen LogP contribution in [-0.4, -0.2) is 29.4 Å². The minimum Gasteiger partial charge on any atom is -0.386 e. The number of nitrogens with zero attached hydrogens (tertiary/aromatic N) is 5. The minimum atomic E-state index is -0.607. The molecule has 0 saturated carbocycles. The van der Waals surface area contributed by atoms with E-state index in [0.29, 0.717) is 6.42 Å². The first-order chi connectivity index (χ1) is 8.63. The molecule has 1 unspecified atom stereocenters. The lowest BCUT2D eigenvalue weighted by Gasteiger charge is -2.16. The SMILES string of the molecule is CCn1ncnc1CC(O)c1cncn1C(C)C. The third-order valence-corrected chi connectivity index (χ3v) is 2.96.